The van der Waals surface area contributed by atoms with Crippen LogP contribution in [0.15, 0.2) is 60.7 Å². The molecule has 2 aromatic rings. The number of rotatable bonds is 6. The first-order chi connectivity index (χ1) is 11.7. The molecule has 1 aliphatic rings. The van der Waals surface area contributed by atoms with Crippen molar-refractivity contribution >= 4 is 34.3 Å². The van der Waals surface area contributed by atoms with Gasteiger partial charge in [-0.25, -0.2) is 0 Å². The average Bonchev–Trinajstić information content (AvgIpc) is 3.04. The van der Waals surface area contributed by atoms with Gasteiger partial charge >= 0.3 is 0 Å². The van der Waals surface area contributed by atoms with Crippen molar-refractivity contribution in [2.24, 2.45) is 0 Å². The second-order valence-electron chi connectivity index (χ2n) is 5.39. The van der Waals surface area contributed by atoms with Crippen LogP contribution >= 0.6 is 11.8 Å². The fraction of sp³-hybridized carbons (Fsp3) is 0.222. The smallest absolute Gasteiger partial charge is 0.281 e. The van der Waals surface area contributed by atoms with Crippen LogP contribution < -0.4 is 10.4 Å². The lowest BCUT2D eigenvalue weighted by molar-refractivity contribution is -0.121. The topological polar surface area (TPSA) is 52.7 Å². The maximum atomic E-state index is 12.4. The van der Waals surface area contributed by atoms with Crippen LogP contribution in [0.4, 0.5) is 16.2 Å². The predicted molar refractivity (Wildman–Crippen MR) is 97.2 cm³/mol. The van der Waals surface area contributed by atoms with Gasteiger partial charge in [-0.05, 0) is 24.3 Å². The zero-order valence-corrected chi connectivity index (χ0v) is 14.0. The number of nitrogens with one attached hydrogen (secondary N) is 1. The Bertz CT molecular complexity index is 654. The molecule has 24 heavy (non-hydrogen) atoms. The number of carbonyl (C=O) groups excluding carboxylic acids is 2. The third kappa shape index (κ3) is 4.08. The molecule has 2 aromatic carbocycles. The number of carbonyl (C=O) groups is 2. The van der Waals surface area contributed by atoms with E-state index >= 15 is 0 Å². The van der Waals surface area contributed by atoms with Crippen LogP contribution in [0.25, 0.3) is 0 Å². The van der Waals surface area contributed by atoms with Gasteiger partial charge in [0.05, 0.1) is 11.4 Å². The van der Waals surface area contributed by atoms with Crippen molar-refractivity contribution < 1.29 is 9.59 Å². The van der Waals surface area contributed by atoms with Crippen LogP contribution in [0.2, 0.25) is 0 Å². The summed E-state index contributed by atoms with van der Waals surface area (Å²) < 4.78 is 0. The van der Waals surface area contributed by atoms with Gasteiger partial charge in [0.1, 0.15) is 0 Å². The highest BCUT2D eigenvalue weighted by Crippen LogP contribution is 2.22. The number of hydrogen-bond acceptors (Lipinski definition) is 4. The van der Waals surface area contributed by atoms with Crippen LogP contribution in [0, 0.1) is 0 Å². The fourth-order valence-corrected chi connectivity index (χ4v) is 3.33. The molecule has 1 heterocycles. The average molecular weight is 341 g/mol. The van der Waals surface area contributed by atoms with E-state index in [1.165, 1.54) is 11.8 Å². The maximum Gasteiger partial charge on any atom is 0.281 e. The standard InChI is InChI=1S/C18H19N3O2S/c22-17(11-12-20-13-14-24-18(20)23)19-21(15-7-3-1-4-8-15)16-9-5-2-6-10-16/h1-10H,11-14H2,(H,19,22). The zero-order chi connectivity index (χ0) is 16.8. The van der Waals surface area contributed by atoms with Gasteiger partial charge in [-0.2, -0.15) is 0 Å². The summed E-state index contributed by atoms with van der Waals surface area (Å²) in [4.78, 5) is 25.7. The van der Waals surface area contributed by atoms with Crippen molar-refractivity contribution in [3.8, 4) is 0 Å². The number of hydrazine groups is 1. The monoisotopic (exact) mass is 341 g/mol. The Morgan fingerprint density at radius 2 is 1.62 bits per heavy atom. The normalized spacial score (nSPS) is 13.8. The van der Waals surface area contributed by atoms with Gasteiger partial charge in [-0.15, -0.1) is 0 Å². The molecule has 1 fully saturated rings. The molecule has 124 valence electrons. The molecule has 5 nitrogen and oxygen atoms in total. The molecular weight excluding hydrogens is 322 g/mol. The molecule has 3 rings (SSSR count). The van der Waals surface area contributed by atoms with Crippen molar-refractivity contribution in [2.45, 2.75) is 6.42 Å². The van der Waals surface area contributed by atoms with Crippen LogP contribution in [0.1, 0.15) is 6.42 Å². The lowest BCUT2D eigenvalue weighted by Crippen LogP contribution is -2.40. The van der Waals surface area contributed by atoms with E-state index in [1.807, 2.05) is 60.7 Å². The van der Waals surface area contributed by atoms with Gasteiger partial charge < -0.3 is 4.90 Å². The molecule has 0 radical (unpaired) electrons. The predicted octanol–water partition coefficient (Wildman–Crippen LogP) is 3.41. The largest absolute Gasteiger partial charge is 0.332 e. The van der Waals surface area contributed by atoms with E-state index in [2.05, 4.69) is 5.43 Å². The number of hydrogen-bond donors (Lipinski definition) is 1. The van der Waals surface area contributed by atoms with E-state index in [1.54, 1.807) is 9.91 Å². The summed E-state index contributed by atoms with van der Waals surface area (Å²) in [5, 5.41) is 1.83. The van der Waals surface area contributed by atoms with E-state index in [0.29, 0.717) is 6.54 Å². The Morgan fingerprint density at radius 3 is 2.12 bits per heavy atom. The zero-order valence-electron chi connectivity index (χ0n) is 13.2. The SMILES string of the molecule is O=C(CCN1CCSC1=O)NN(c1ccccc1)c1ccccc1. The van der Waals surface area contributed by atoms with Crippen molar-refractivity contribution in [1.82, 2.24) is 10.3 Å². The molecule has 0 atom stereocenters. The summed E-state index contributed by atoms with van der Waals surface area (Å²) >= 11 is 1.31. The maximum absolute atomic E-state index is 12.4. The third-order valence-corrected chi connectivity index (χ3v) is 4.61. The van der Waals surface area contributed by atoms with E-state index in [9.17, 15) is 9.59 Å². The summed E-state index contributed by atoms with van der Waals surface area (Å²) in [6.07, 6.45) is 0.280. The molecule has 0 spiro atoms. The summed E-state index contributed by atoms with van der Waals surface area (Å²) in [7, 11) is 0. The number of amides is 2. The Balaban J connectivity index is 1.68. The summed E-state index contributed by atoms with van der Waals surface area (Å²) in [6.45, 7) is 1.17. The summed E-state index contributed by atoms with van der Waals surface area (Å²) in [5.74, 6) is 0.688. The van der Waals surface area contributed by atoms with Gasteiger partial charge in [-0.1, -0.05) is 48.2 Å². The van der Waals surface area contributed by atoms with E-state index in [-0.39, 0.29) is 17.6 Å². The molecule has 0 aromatic heterocycles. The van der Waals surface area contributed by atoms with Gasteiger partial charge in [-0.3, -0.25) is 20.0 Å². The minimum absolute atomic E-state index is 0.0609. The van der Waals surface area contributed by atoms with Crippen LogP contribution in [0.5, 0.6) is 0 Å². The molecule has 1 aliphatic heterocycles. The molecular formula is C18H19N3O2S. The number of thioether (sulfide) groups is 1. The van der Waals surface area contributed by atoms with Gasteiger partial charge in [0.15, 0.2) is 0 Å². The first kappa shape index (κ1) is 16.4. The van der Waals surface area contributed by atoms with Gasteiger partial charge in [0.25, 0.3) is 5.24 Å². The van der Waals surface area contributed by atoms with Crippen molar-refractivity contribution in [2.75, 3.05) is 23.9 Å². The highest BCUT2D eigenvalue weighted by Gasteiger charge is 2.22. The van der Waals surface area contributed by atoms with E-state index < -0.39 is 0 Å². The van der Waals surface area contributed by atoms with Crippen molar-refractivity contribution in [1.29, 1.82) is 0 Å². The second kappa shape index (κ2) is 7.88. The Labute approximate surface area is 145 Å². The van der Waals surface area contributed by atoms with E-state index in [0.717, 1.165) is 23.7 Å². The number of anilines is 2. The van der Waals surface area contributed by atoms with E-state index in [4.69, 9.17) is 0 Å². The first-order valence-corrected chi connectivity index (χ1v) is 8.84. The summed E-state index contributed by atoms with van der Waals surface area (Å²) in [6, 6.07) is 19.3. The molecule has 2 amide bonds. The number of para-hydroxylation sites is 2. The minimum Gasteiger partial charge on any atom is -0.332 e. The minimum atomic E-state index is -0.118. The highest BCUT2D eigenvalue weighted by atomic mass is 32.2. The fourth-order valence-electron chi connectivity index (χ4n) is 2.48. The molecule has 6 heteroatoms. The Morgan fingerprint density at radius 1 is 1.04 bits per heavy atom. The number of nitrogens with zero attached hydrogens (tertiary/aromatic N) is 2. The van der Waals surface area contributed by atoms with Crippen LogP contribution in [-0.2, 0) is 4.79 Å². The highest BCUT2D eigenvalue weighted by molar-refractivity contribution is 8.13. The first-order valence-electron chi connectivity index (χ1n) is 7.85. The lowest BCUT2D eigenvalue weighted by Gasteiger charge is -2.26. The van der Waals surface area contributed by atoms with Crippen molar-refractivity contribution in [3.63, 3.8) is 0 Å². The summed E-state index contributed by atoms with van der Waals surface area (Å²) in [5.41, 5.74) is 4.70. The van der Waals surface area contributed by atoms with Crippen molar-refractivity contribution in [3.05, 3.63) is 60.7 Å². The Hall–Kier alpha value is -2.47. The molecule has 1 N–H and O–H groups in total. The number of benzene rings is 2. The molecule has 0 bridgehead atoms. The quantitative estimate of drug-likeness (QED) is 0.818. The molecule has 0 unspecified atom stereocenters. The van der Waals surface area contributed by atoms with Gasteiger partial charge in [0, 0.05) is 25.3 Å². The third-order valence-electron chi connectivity index (χ3n) is 3.72. The van der Waals surface area contributed by atoms with Crippen LogP contribution in [0.3, 0.4) is 0 Å². The second-order valence-corrected chi connectivity index (χ2v) is 6.44. The van der Waals surface area contributed by atoms with Gasteiger partial charge in [0.2, 0.25) is 5.91 Å². The van der Waals surface area contributed by atoms with Crippen LogP contribution in [-0.4, -0.2) is 34.9 Å². The molecule has 1 saturated heterocycles. The molecule has 0 aliphatic carbocycles. The molecule has 0 saturated carbocycles. The Kier molecular flexibility index (Phi) is 5.38. The lowest BCUT2D eigenvalue weighted by atomic mass is 10.2.